The first-order valence-corrected chi connectivity index (χ1v) is 9.62. The summed E-state index contributed by atoms with van der Waals surface area (Å²) in [5.41, 5.74) is 4.49. The number of nitrogens with one attached hydrogen (secondary N) is 2. The van der Waals surface area contributed by atoms with Gasteiger partial charge in [-0.1, -0.05) is 48.5 Å². The molecule has 0 spiro atoms. The lowest BCUT2D eigenvalue weighted by Crippen LogP contribution is -2.39. The minimum atomic E-state index is -1.09. The number of amides is 2. The third-order valence-electron chi connectivity index (χ3n) is 5.03. The van der Waals surface area contributed by atoms with Crippen LogP contribution in [0.25, 0.3) is 11.1 Å². The fourth-order valence-electron chi connectivity index (χ4n) is 3.55. The first-order chi connectivity index (χ1) is 14.5. The lowest BCUT2D eigenvalue weighted by Gasteiger charge is -2.15. The Balaban J connectivity index is 1.45. The van der Waals surface area contributed by atoms with Crippen molar-refractivity contribution in [2.75, 3.05) is 26.8 Å². The zero-order valence-electron chi connectivity index (χ0n) is 16.6. The maximum atomic E-state index is 12.0. The van der Waals surface area contributed by atoms with Gasteiger partial charge in [0.05, 0.1) is 6.54 Å². The first kappa shape index (κ1) is 21.3. The third kappa shape index (κ3) is 4.96. The smallest absolute Gasteiger partial charge is 0.407 e. The molecular weight excluding hydrogens is 388 g/mol. The van der Waals surface area contributed by atoms with Gasteiger partial charge in [-0.3, -0.25) is 4.79 Å². The summed E-state index contributed by atoms with van der Waals surface area (Å²) in [5.74, 6) is -1.59. The average molecular weight is 412 g/mol. The second-order valence-electron chi connectivity index (χ2n) is 6.88. The average Bonchev–Trinajstić information content (AvgIpc) is 3.07. The summed E-state index contributed by atoms with van der Waals surface area (Å²) >= 11 is 0. The highest BCUT2D eigenvalue weighted by molar-refractivity contribution is 5.82. The SMILES string of the molecule is COC(CCNC(=O)CNC(=O)OCC1c2ccccc2-c2ccccc21)C(=O)O. The number of benzene rings is 2. The molecule has 0 aromatic heterocycles. The van der Waals surface area contributed by atoms with E-state index in [2.05, 4.69) is 22.8 Å². The predicted molar refractivity (Wildman–Crippen MR) is 109 cm³/mol. The second kappa shape index (κ2) is 9.89. The molecular formula is C22H24N2O6. The van der Waals surface area contributed by atoms with Crippen LogP contribution in [0.5, 0.6) is 0 Å². The molecule has 1 atom stereocenters. The number of fused-ring (bicyclic) bond motifs is 3. The minimum Gasteiger partial charge on any atom is -0.479 e. The van der Waals surface area contributed by atoms with E-state index < -0.39 is 24.1 Å². The molecule has 158 valence electrons. The molecule has 2 amide bonds. The van der Waals surface area contributed by atoms with Crippen LogP contribution in [0.1, 0.15) is 23.5 Å². The Morgan fingerprint density at radius 2 is 1.60 bits per heavy atom. The molecule has 2 aromatic carbocycles. The van der Waals surface area contributed by atoms with Crippen molar-refractivity contribution in [1.82, 2.24) is 10.6 Å². The van der Waals surface area contributed by atoms with Crippen LogP contribution < -0.4 is 10.6 Å². The second-order valence-corrected chi connectivity index (χ2v) is 6.88. The highest BCUT2D eigenvalue weighted by Crippen LogP contribution is 2.44. The number of alkyl carbamates (subject to hydrolysis) is 1. The molecule has 1 unspecified atom stereocenters. The van der Waals surface area contributed by atoms with Crippen LogP contribution in [0, 0.1) is 0 Å². The normalized spacial score (nSPS) is 13.1. The van der Waals surface area contributed by atoms with Gasteiger partial charge in [0.15, 0.2) is 6.10 Å². The molecule has 0 saturated heterocycles. The lowest BCUT2D eigenvalue weighted by molar-refractivity contribution is -0.148. The lowest BCUT2D eigenvalue weighted by atomic mass is 9.98. The van der Waals surface area contributed by atoms with E-state index in [4.69, 9.17) is 14.6 Å². The quantitative estimate of drug-likeness (QED) is 0.581. The van der Waals surface area contributed by atoms with Gasteiger partial charge < -0.3 is 25.2 Å². The van der Waals surface area contributed by atoms with E-state index in [1.54, 1.807) is 0 Å². The molecule has 0 fully saturated rings. The number of carbonyl (C=O) groups is 3. The van der Waals surface area contributed by atoms with E-state index >= 15 is 0 Å². The number of rotatable bonds is 9. The summed E-state index contributed by atoms with van der Waals surface area (Å²) < 4.78 is 10.1. The van der Waals surface area contributed by atoms with Crippen molar-refractivity contribution in [1.29, 1.82) is 0 Å². The molecule has 3 N–H and O–H groups in total. The van der Waals surface area contributed by atoms with Crippen LogP contribution in [0.4, 0.5) is 4.79 Å². The monoisotopic (exact) mass is 412 g/mol. The highest BCUT2D eigenvalue weighted by atomic mass is 16.5. The predicted octanol–water partition coefficient (Wildman–Crippen LogP) is 2.13. The van der Waals surface area contributed by atoms with Gasteiger partial charge in [-0.05, 0) is 22.3 Å². The molecule has 0 heterocycles. The summed E-state index contributed by atoms with van der Waals surface area (Å²) in [6.45, 7) is 0.0208. The molecule has 8 heteroatoms. The molecule has 0 saturated carbocycles. The first-order valence-electron chi connectivity index (χ1n) is 9.62. The van der Waals surface area contributed by atoms with Gasteiger partial charge in [-0.15, -0.1) is 0 Å². The van der Waals surface area contributed by atoms with E-state index in [1.165, 1.54) is 7.11 Å². The Kier molecular flexibility index (Phi) is 7.03. The highest BCUT2D eigenvalue weighted by Gasteiger charge is 2.29. The fourth-order valence-corrected chi connectivity index (χ4v) is 3.55. The van der Waals surface area contributed by atoms with E-state index in [0.717, 1.165) is 22.3 Å². The van der Waals surface area contributed by atoms with Crippen LogP contribution in [0.2, 0.25) is 0 Å². The fraction of sp³-hybridized carbons (Fsp3) is 0.318. The molecule has 1 aliphatic rings. The topological polar surface area (TPSA) is 114 Å². The third-order valence-corrected chi connectivity index (χ3v) is 5.03. The number of aliphatic carboxylic acids is 1. The summed E-state index contributed by atoms with van der Waals surface area (Å²) in [7, 11) is 1.29. The van der Waals surface area contributed by atoms with E-state index in [1.807, 2.05) is 36.4 Å². The number of hydrogen-bond donors (Lipinski definition) is 3. The van der Waals surface area contributed by atoms with Crippen LogP contribution in [0.15, 0.2) is 48.5 Å². The van der Waals surface area contributed by atoms with Crippen molar-refractivity contribution in [2.45, 2.75) is 18.4 Å². The molecule has 0 radical (unpaired) electrons. The van der Waals surface area contributed by atoms with Gasteiger partial charge in [0.25, 0.3) is 0 Å². The van der Waals surface area contributed by atoms with Gasteiger partial charge >= 0.3 is 12.1 Å². The van der Waals surface area contributed by atoms with Gasteiger partial charge in [0, 0.05) is 26.0 Å². The Hall–Kier alpha value is -3.39. The summed E-state index contributed by atoms with van der Waals surface area (Å²) in [6.07, 6.45) is -1.55. The van der Waals surface area contributed by atoms with Crippen LogP contribution in [-0.2, 0) is 19.1 Å². The number of carbonyl (C=O) groups excluding carboxylic acids is 2. The van der Waals surface area contributed by atoms with E-state index in [-0.39, 0.29) is 32.0 Å². The minimum absolute atomic E-state index is 0.0565. The number of carboxylic acids is 1. The van der Waals surface area contributed by atoms with Crippen molar-refractivity contribution in [3.8, 4) is 11.1 Å². The number of ether oxygens (including phenoxy) is 2. The number of methoxy groups -OCH3 is 1. The van der Waals surface area contributed by atoms with Crippen molar-refractivity contribution in [2.24, 2.45) is 0 Å². The van der Waals surface area contributed by atoms with Crippen molar-refractivity contribution in [3.05, 3.63) is 59.7 Å². The van der Waals surface area contributed by atoms with Gasteiger partial charge in [0.2, 0.25) is 5.91 Å². The molecule has 3 rings (SSSR count). The van der Waals surface area contributed by atoms with Crippen molar-refractivity contribution >= 4 is 18.0 Å². The summed E-state index contributed by atoms with van der Waals surface area (Å²) in [4.78, 5) is 34.7. The van der Waals surface area contributed by atoms with Crippen LogP contribution in [-0.4, -0.2) is 56.0 Å². The summed E-state index contributed by atoms with van der Waals surface area (Å²) in [6, 6.07) is 16.0. The van der Waals surface area contributed by atoms with E-state index in [0.29, 0.717) is 0 Å². The Morgan fingerprint density at radius 3 is 2.17 bits per heavy atom. The summed E-state index contributed by atoms with van der Waals surface area (Å²) in [5, 5.41) is 13.8. The van der Waals surface area contributed by atoms with Gasteiger partial charge in [-0.2, -0.15) is 0 Å². The van der Waals surface area contributed by atoms with Crippen LogP contribution >= 0.6 is 0 Å². The van der Waals surface area contributed by atoms with E-state index in [9.17, 15) is 14.4 Å². The Bertz CT molecular complexity index is 884. The largest absolute Gasteiger partial charge is 0.479 e. The molecule has 0 aliphatic heterocycles. The number of carboxylic acid groups (broad SMARTS) is 1. The molecule has 8 nitrogen and oxygen atoms in total. The van der Waals surface area contributed by atoms with Crippen molar-refractivity contribution in [3.63, 3.8) is 0 Å². The Morgan fingerprint density at radius 1 is 1.00 bits per heavy atom. The number of hydrogen-bond acceptors (Lipinski definition) is 5. The molecule has 30 heavy (non-hydrogen) atoms. The standard InChI is InChI=1S/C22H24N2O6/c1-29-19(21(26)27)10-11-23-20(25)12-24-22(28)30-13-18-16-8-4-2-6-14(16)15-7-3-5-9-17(15)18/h2-9,18-19H,10-13H2,1H3,(H,23,25)(H,24,28)(H,26,27). The molecule has 1 aliphatic carbocycles. The van der Waals surface area contributed by atoms with Crippen LogP contribution in [0.3, 0.4) is 0 Å². The molecule has 2 aromatic rings. The zero-order chi connectivity index (χ0) is 21.5. The van der Waals surface area contributed by atoms with Crippen molar-refractivity contribution < 1.29 is 29.0 Å². The van der Waals surface area contributed by atoms with Gasteiger partial charge in [0.1, 0.15) is 6.61 Å². The maximum Gasteiger partial charge on any atom is 0.407 e. The Labute approximate surface area is 174 Å². The van der Waals surface area contributed by atoms with Gasteiger partial charge in [-0.25, -0.2) is 9.59 Å². The zero-order valence-corrected chi connectivity index (χ0v) is 16.6. The molecule has 0 bridgehead atoms. The maximum absolute atomic E-state index is 12.0.